The summed E-state index contributed by atoms with van der Waals surface area (Å²) in [5.41, 5.74) is 0.624. The van der Waals surface area contributed by atoms with Gasteiger partial charge >= 0.3 is 0 Å². The first-order valence-corrected chi connectivity index (χ1v) is 3.62. The molecule has 1 aromatic carbocycles. The number of carbonyl (C=O) groups is 1. The quantitative estimate of drug-likeness (QED) is 0.514. The van der Waals surface area contributed by atoms with Gasteiger partial charge in [0.1, 0.15) is 18.7 Å². The predicted molar refractivity (Wildman–Crippen MR) is 45.8 cm³/mol. The zero-order chi connectivity index (χ0) is 9.68. The Hall–Kier alpha value is -1.66. The summed E-state index contributed by atoms with van der Waals surface area (Å²) in [5, 5.41) is 8.39. The topological polar surface area (TPSA) is 37.3 Å². The van der Waals surface area contributed by atoms with Crippen LogP contribution in [0, 0.1) is 17.7 Å². The Morgan fingerprint density at radius 2 is 2.23 bits per heavy atom. The fraction of sp³-hybridized carbons (Fsp3) is 0.100. The lowest BCUT2D eigenvalue weighted by molar-refractivity contribution is 0.112. The lowest BCUT2D eigenvalue weighted by Crippen LogP contribution is -1.86. The Morgan fingerprint density at radius 3 is 2.85 bits per heavy atom. The van der Waals surface area contributed by atoms with Crippen LogP contribution in [0.5, 0.6) is 0 Å². The van der Waals surface area contributed by atoms with Gasteiger partial charge in [0.15, 0.2) is 0 Å². The molecule has 0 spiro atoms. The van der Waals surface area contributed by atoms with E-state index in [0.29, 0.717) is 11.8 Å². The van der Waals surface area contributed by atoms with Gasteiger partial charge in [-0.25, -0.2) is 4.39 Å². The van der Waals surface area contributed by atoms with E-state index in [1.165, 1.54) is 12.1 Å². The van der Waals surface area contributed by atoms with Gasteiger partial charge in [0.2, 0.25) is 0 Å². The third-order valence-corrected chi connectivity index (χ3v) is 1.37. The van der Waals surface area contributed by atoms with E-state index in [1.807, 2.05) is 0 Å². The van der Waals surface area contributed by atoms with Gasteiger partial charge < -0.3 is 5.11 Å². The molecule has 1 N–H and O–H groups in total. The number of rotatable bonds is 1. The maximum Gasteiger partial charge on any atom is 0.150 e. The summed E-state index contributed by atoms with van der Waals surface area (Å²) in [6.45, 7) is -0.285. The average molecular weight is 178 g/mol. The van der Waals surface area contributed by atoms with Crippen molar-refractivity contribution >= 4 is 6.29 Å². The second kappa shape index (κ2) is 4.39. The molecule has 0 aromatic heterocycles. The minimum Gasteiger partial charge on any atom is -0.384 e. The Bertz CT molecular complexity index is 374. The second-order valence-electron chi connectivity index (χ2n) is 2.35. The van der Waals surface area contributed by atoms with Gasteiger partial charge in [-0.3, -0.25) is 4.79 Å². The van der Waals surface area contributed by atoms with Crippen molar-refractivity contribution in [3.63, 3.8) is 0 Å². The minimum absolute atomic E-state index is 0.238. The van der Waals surface area contributed by atoms with Crippen molar-refractivity contribution in [2.45, 2.75) is 0 Å². The molecule has 0 heterocycles. The first-order chi connectivity index (χ1) is 6.26. The fourth-order valence-electron chi connectivity index (χ4n) is 0.894. The molecule has 0 bridgehead atoms. The van der Waals surface area contributed by atoms with Crippen LogP contribution in [0.1, 0.15) is 15.9 Å². The van der Waals surface area contributed by atoms with E-state index in [-0.39, 0.29) is 12.2 Å². The van der Waals surface area contributed by atoms with Crippen molar-refractivity contribution in [1.82, 2.24) is 0 Å². The van der Waals surface area contributed by atoms with Gasteiger partial charge in [-0.1, -0.05) is 11.8 Å². The number of hydrogen-bond donors (Lipinski definition) is 1. The third kappa shape index (κ3) is 2.69. The molecule has 0 atom stereocenters. The number of halogens is 1. The summed E-state index contributed by atoms with van der Waals surface area (Å²) >= 11 is 0. The van der Waals surface area contributed by atoms with Crippen molar-refractivity contribution in [3.8, 4) is 11.8 Å². The van der Waals surface area contributed by atoms with Crippen LogP contribution in [-0.2, 0) is 0 Å². The number of hydrogen-bond acceptors (Lipinski definition) is 2. The zero-order valence-corrected chi connectivity index (χ0v) is 6.75. The summed E-state index contributed by atoms with van der Waals surface area (Å²) < 4.78 is 12.8. The number of benzene rings is 1. The molecule has 0 fully saturated rings. The Labute approximate surface area is 75.0 Å². The smallest absolute Gasteiger partial charge is 0.150 e. The molecule has 1 aromatic rings. The SMILES string of the molecule is O=Cc1cc(F)cc(C#CCO)c1. The van der Waals surface area contributed by atoms with E-state index in [2.05, 4.69) is 11.8 Å². The van der Waals surface area contributed by atoms with Gasteiger partial charge in [-0.2, -0.15) is 0 Å². The summed E-state index contributed by atoms with van der Waals surface area (Å²) in [4.78, 5) is 10.3. The Morgan fingerprint density at radius 1 is 1.46 bits per heavy atom. The molecule has 0 saturated heterocycles. The summed E-state index contributed by atoms with van der Waals surface area (Å²) in [6.07, 6.45) is 0.549. The molecule has 13 heavy (non-hydrogen) atoms. The van der Waals surface area contributed by atoms with Crippen molar-refractivity contribution in [2.24, 2.45) is 0 Å². The second-order valence-corrected chi connectivity index (χ2v) is 2.35. The molecular weight excluding hydrogens is 171 g/mol. The summed E-state index contributed by atoms with van der Waals surface area (Å²) in [6, 6.07) is 3.78. The maximum atomic E-state index is 12.8. The minimum atomic E-state index is -0.508. The Kier molecular flexibility index (Phi) is 3.18. The van der Waals surface area contributed by atoms with Crippen molar-refractivity contribution in [1.29, 1.82) is 0 Å². The number of carbonyl (C=O) groups excluding carboxylic acids is 1. The highest BCUT2D eigenvalue weighted by molar-refractivity contribution is 5.75. The van der Waals surface area contributed by atoms with Crippen LogP contribution >= 0.6 is 0 Å². The van der Waals surface area contributed by atoms with Crippen molar-refractivity contribution in [2.75, 3.05) is 6.61 Å². The van der Waals surface area contributed by atoms with Gasteiger partial charge in [-0.15, -0.1) is 0 Å². The van der Waals surface area contributed by atoms with Gasteiger partial charge in [0, 0.05) is 11.1 Å². The van der Waals surface area contributed by atoms with Crippen LogP contribution in [-0.4, -0.2) is 18.0 Å². The van der Waals surface area contributed by atoms with E-state index < -0.39 is 5.82 Å². The number of aldehydes is 1. The van der Waals surface area contributed by atoms with Crippen molar-refractivity contribution in [3.05, 3.63) is 35.1 Å². The van der Waals surface area contributed by atoms with Crippen LogP contribution in [0.3, 0.4) is 0 Å². The van der Waals surface area contributed by atoms with Crippen molar-refractivity contribution < 1.29 is 14.3 Å². The van der Waals surface area contributed by atoms with E-state index in [4.69, 9.17) is 5.11 Å². The molecule has 1 rings (SSSR count). The number of aliphatic hydroxyl groups is 1. The normalized spacial score (nSPS) is 8.77. The largest absolute Gasteiger partial charge is 0.384 e. The predicted octanol–water partition coefficient (Wildman–Crippen LogP) is 0.982. The fourth-order valence-corrected chi connectivity index (χ4v) is 0.894. The van der Waals surface area contributed by atoms with E-state index in [1.54, 1.807) is 0 Å². The highest BCUT2D eigenvalue weighted by Crippen LogP contribution is 2.06. The lowest BCUT2D eigenvalue weighted by atomic mass is 10.1. The molecule has 0 aliphatic heterocycles. The first kappa shape index (κ1) is 9.43. The highest BCUT2D eigenvalue weighted by atomic mass is 19.1. The van der Waals surface area contributed by atoms with Gasteiger partial charge in [-0.05, 0) is 18.2 Å². The van der Waals surface area contributed by atoms with Crippen LogP contribution in [0.2, 0.25) is 0 Å². The third-order valence-electron chi connectivity index (χ3n) is 1.37. The molecule has 0 radical (unpaired) electrons. The average Bonchev–Trinajstić information content (AvgIpc) is 2.14. The molecule has 3 heteroatoms. The van der Waals surface area contributed by atoms with E-state index >= 15 is 0 Å². The van der Waals surface area contributed by atoms with Gasteiger partial charge in [0.25, 0.3) is 0 Å². The summed E-state index contributed by atoms with van der Waals surface area (Å²) in [7, 11) is 0. The van der Waals surface area contributed by atoms with Crippen LogP contribution < -0.4 is 0 Å². The molecule has 0 unspecified atom stereocenters. The molecule has 0 amide bonds. The maximum absolute atomic E-state index is 12.8. The standard InChI is InChI=1S/C10H7FO2/c11-10-5-8(2-1-3-12)4-9(6-10)7-13/h4-7,12H,3H2. The number of aliphatic hydroxyl groups excluding tert-OH is 1. The summed E-state index contributed by atoms with van der Waals surface area (Å²) in [5.74, 6) is 4.37. The highest BCUT2D eigenvalue weighted by Gasteiger charge is 1.96. The monoisotopic (exact) mass is 178 g/mol. The lowest BCUT2D eigenvalue weighted by Gasteiger charge is -1.93. The zero-order valence-electron chi connectivity index (χ0n) is 6.75. The molecular formula is C10H7FO2. The van der Waals surface area contributed by atoms with E-state index in [0.717, 1.165) is 6.07 Å². The van der Waals surface area contributed by atoms with E-state index in [9.17, 15) is 9.18 Å². The molecule has 2 nitrogen and oxygen atoms in total. The first-order valence-electron chi connectivity index (χ1n) is 3.62. The molecule has 0 saturated carbocycles. The molecule has 0 aliphatic carbocycles. The Balaban J connectivity index is 3.08. The molecule has 66 valence electrons. The van der Waals surface area contributed by atoms with Crippen LogP contribution in [0.25, 0.3) is 0 Å². The molecule has 0 aliphatic rings. The van der Waals surface area contributed by atoms with Gasteiger partial charge in [0.05, 0.1) is 0 Å². The van der Waals surface area contributed by atoms with Crippen LogP contribution in [0.4, 0.5) is 4.39 Å². The van der Waals surface area contributed by atoms with Crippen LogP contribution in [0.15, 0.2) is 18.2 Å².